The number of non-ortho nitro benzene ring substituents is 1. The van der Waals surface area contributed by atoms with Crippen molar-refractivity contribution in [2.24, 2.45) is 5.92 Å². The van der Waals surface area contributed by atoms with E-state index in [9.17, 15) is 19.3 Å². The van der Waals surface area contributed by atoms with Crippen LogP contribution in [0.1, 0.15) is 16.7 Å². The van der Waals surface area contributed by atoms with E-state index in [1.807, 2.05) is 6.07 Å². The predicted molar refractivity (Wildman–Crippen MR) is 133 cm³/mol. The van der Waals surface area contributed by atoms with Crippen LogP contribution >= 0.6 is 0 Å². The minimum Gasteiger partial charge on any atom is -0.368 e. The Balaban J connectivity index is 1.42. The van der Waals surface area contributed by atoms with Crippen LogP contribution in [-0.2, 0) is 17.8 Å². The second-order valence-electron chi connectivity index (χ2n) is 9.27. The lowest BCUT2D eigenvalue weighted by atomic mass is 9.83. The number of rotatable bonds is 5. The molecule has 1 fully saturated rings. The standard InChI is InChI=1S/C27H27FN4O3/c1-18-2-8-22(9-3-18)30-12-13-31-25-11-10-23(32(34)35)14-20(25)15-24(26(31)17-30)27(33)29-16-19-4-6-21(28)7-5-19/h2-11,14,24,26H,12-13,15-17H2,1H3,(H,29,33)/t24-,26+/m0/s1. The third-order valence-corrected chi connectivity index (χ3v) is 7.02. The maximum Gasteiger partial charge on any atom is 0.269 e. The van der Waals surface area contributed by atoms with E-state index < -0.39 is 4.92 Å². The molecule has 0 spiro atoms. The van der Waals surface area contributed by atoms with Crippen LogP contribution in [0.2, 0.25) is 0 Å². The number of carbonyl (C=O) groups excluding carboxylic acids is 1. The lowest BCUT2D eigenvalue weighted by Crippen LogP contribution is -2.61. The first-order chi connectivity index (χ1) is 16.9. The Labute approximate surface area is 203 Å². The van der Waals surface area contributed by atoms with Crippen molar-refractivity contribution in [3.63, 3.8) is 0 Å². The van der Waals surface area contributed by atoms with Gasteiger partial charge in [-0.2, -0.15) is 0 Å². The molecule has 8 heteroatoms. The zero-order valence-electron chi connectivity index (χ0n) is 19.5. The third-order valence-electron chi connectivity index (χ3n) is 7.02. The van der Waals surface area contributed by atoms with Crippen molar-refractivity contribution < 1.29 is 14.1 Å². The fraction of sp³-hybridized carbons (Fsp3) is 0.296. The van der Waals surface area contributed by atoms with Gasteiger partial charge in [-0.25, -0.2) is 4.39 Å². The number of aryl methyl sites for hydroxylation is 1. The molecule has 2 heterocycles. The molecular formula is C27H27FN4O3. The first-order valence-electron chi connectivity index (χ1n) is 11.8. The van der Waals surface area contributed by atoms with E-state index in [2.05, 4.69) is 46.3 Å². The number of nitrogens with one attached hydrogen (secondary N) is 1. The van der Waals surface area contributed by atoms with Gasteiger partial charge < -0.3 is 15.1 Å². The Morgan fingerprint density at radius 3 is 2.54 bits per heavy atom. The Hall–Kier alpha value is -3.94. The summed E-state index contributed by atoms with van der Waals surface area (Å²) in [5.41, 5.74) is 4.95. The van der Waals surface area contributed by atoms with Crippen molar-refractivity contribution in [1.29, 1.82) is 0 Å². The molecule has 2 aliphatic heterocycles. The molecule has 7 nitrogen and oxygen atoms in total. The summed E-state index contributed by atoms with van der Waals surface area (Å²) in [7, 11) is 0. The van der Waals surface area contributed by atoms with E-state index >= 15 is 0 Å². The summed E-state index contributed by atoms with van der Waals surface area (Å²) in [5, 5.41) is 14.4. The van der Waals surface area contributed by atoms with Crippen molar-refractivity contribution >= 4 is 23.0 Å². The van der Waals surface area contributed by atoms with Crippen LogP contribution in [-0.4, -0.2) is 36.5 Å². The average Bonchev–Trinajstić information content (AvgIpc) is 2.87. The monoisotopic (exact) mass is 474 g/mol. The number of hydrogen-bond donors (Lipinski definition) is 1. The summed E-state index contributed by atoms with van der Waals surface area (Å²) in [4.78, 5) is 29.0. The van der Waals surface area contributed by atoms with Crippen LogP contribution in [0.4, 0.5) is 21.5 Å². The van der Waals surface area contributed by atoms with E-state index in [-0.39, 0.29) is 29.4 Å². The van der Waals surface area contributed by atoms with Crippen molar-refractivity contribution in [2.75, 3.05) is 29.4 Å². The Bertz CT molecular complexity index is 1250. The van der Waals surface area contributed by atoms with E-state index in [0.29, 0.717) is 26.1 Å². The van der Waals surface area contributed by atoms with Gasteiger partial charge in [-0.3, -0.25) is 14.9 Å². The summed E-state index contributed by atoms with van der Waals surface area (Å²) in [6, 6.07) is 19.3. The number of nitro benzene ring substituents is 1. The highest BCUT2D eigenvalue weighted by Gasteiger charge is 2.42. The molecule has 1 amide bonds. The summed E-state index contributed by atoms with van der Waals surface area (Å²) in [6.45, 7) is 4.53. The number of nitro groups is 1. The lowest BCUT2D eigenvalue weighted by molar-refractivity contribution is -0.384. The fourth-order valence-corrected chi connectivity index (χ4v) is 5.14. The molecule has 2 aliphatic rings. The first kappa shape index (κ1) is 22.8. The molecule has 0 radical (unpaired) electrons. The Morgan fingerprint density at radius 1 is 1.09 bits per heavy atom. The molecule has 0 aromatic heterocycles. The molecule has 3 aromatic carbocycles. The predicted octanol–water partition coefficient (Wildman–Crippen LogP) is 4.23. The maximum atomic E-state index is 13.4. The van der Waals surface area contributed by atoms with Crippen LogP contribution < -0.4 is 15.1 Å². The van der Waals surface area contributed by atoms with Crippen molar-refractivity contribution in [1.82, 2.24) is 5.32 Å². The number of nitrogens with zero attached hydrogens (tertiary/aromatic N) is 3. The number of carbonyl (C=O) groups is 1. The van der Waals surface area contributed by atoms with Gasteiger partial charge in [-0.15, -0.1) is 0 Å². The van der Waals surface area contributed by atoms with Crippen molar-refractivity contribution in [2.45, 2.75) is 25.9 Å². The van der Waals surface area contributed by atoms with Gasteiger partial charge >= 0.3 is 0 Å². The van der Waals surface area contributed by atoms with Gasteiger partial charge in [0.1, 0.15) is 5.82 Å². The molecule has 0 aliphatic carbocycles. The first-order valence-corrected chi connectivity index (χ1v) is 11.8. The van der Waals surface area contributed by atoms with E-state index in [4.69, 9.17) is 0 Å². The molecule has 1 saturated heterocycles. The quantitative estimate of drug-likeness (QED) is 0.442. The van der Waals surface area contributed by atoms with Gasteiger partial charge in [0.05, 0.1) is 16.9 Å². The van der Waals surface area contributed by atoms with Gasteiger partial charge in [0.15, 0.2) is 0 Å². The Kier molecular flexibility index (Phi) is 6.11. The van der Waals surface area contributed by atoms with E-state index in [1.165, 1.54) is 23.8 Å². The molecule has 35 heavy (non-hydrogen) atoms. The highest BCUT2D eigenvalue weighted by Crippen LogP contribution is 2.38. The smallest absolute Gasteiger partial charge is 0.269 e. The van der Waals surface area contributed by atoms with Crippen LogP contribution in [0.15, 0.2) is 66.7 Å². The van der Waals surface area contributed by atoms with Crippen molar-refractivity contribution in [3.8, 4) is 0 Å². The fourth-order valence-electron chi connectivity index (χ4n) is 5.14. The molecule has 3 aromatic rings. The highest BCUT2D eigenvalue weighted by atomic mass is 19.1. The number of hydrogen-bond acceptors (Lipinski definition) is 5. The SMILES string of the molecule is Cc1ccc(N2CCN3c4ccc([N+](=O)[O-])cc4C[C@H](C(=O)NCc4ccc(F)cc4)[C@H]3C2)cc1. The number of piperazine rings is 1. The molecule has 5 rings (SSSR count). The molecule has 0 bridgehead atoms. The van der Waals surface area contributed by atoms with E-state index in [1.54, 1.807) is 18.2 Å². The number of halogens is 1. The third kappa shape index (κ3) is 4.69. The summed E-state index contributed by atoms with van der Waals surface area (Å²) >= 11 is 0. The van der Waals surface area contributed by atoms with Crippen LogP contribution in [0.3, 0.4) is 0 Å². The van der Waals surface area contributed by atoms with Crippen LogP contribution in [0.5, 0.6) is 0 Å². The van der Waals surface area contributed by atoms with Gasteiger partial charge in [-0.05, 0) is 54.8 Å². The number of benzene rings is 3. The molecule has 180 valence electrons. The normalized spacial score (nSPS) is 19.0. The highest BCUT2D eigenvalue weighted by molar-refractivity contribution is 5.82. The number of fused-ring (bicyclic) bond motifs is 3. The lowest BCUT2D eigenvalue weighted by Gasteiger charge is -2.49. The second kappa shape index (κ2) is 9.37. The zero-order chi connectivity index (χ0) is 24.5. The number of amides is 1. The summed E-state index contributed by atoms with van der Waals surface area (Å²) in [6.07, 6.45) is 0.426. The maximum absolute atomic E-state index is 13.4. The van der Waals surface area contributed by atoms with Gasteiger partial charge in [0.2, 0.25) is 5.91 Å². The van der Waals surface area contributed by atoms with Crippen LogP contribution in [0.25, 0.3) is 0 Å². The van der Waals surface area contributed by atoms with E-state index in [0.717, 1.165) is 29.0 Å². The molecule has 0 unspecified atom stereocenters. The van der Waals surface area contributed by atoms with Gasteiger partial charge in [-0.1, -0.05) is 29.8 Å². The average molecular weight is 475 g/mol. The topological polar surface area (TPSA) is 78.7 Å². The molecule has 2 atom stereocenters. The van der Waals surface area contributed by atoms with Gasteiger partial charge in [0, 0.05) is 49.7 Å². The molecule has 0 saturated carbocycles. The van der Waals surface area contributed by atoms with Crippen LogP contribution in [0, 0.1) is 28.8 Å². The number of anilines is 2. The zero-order valence-corrected chi connectivity index (χ0v) is 19.5. The Morgan fingerprint density at radius 2 is 1.83 bits per heavy atom. The minimum absolute atomic E-state index is 0.0333. The summed E-state index contributed by atoms with van der Waals surface area (Å²) in [5.74, 6) is -0.801. The largest absolute Gasteiger partial charge is 0.368 e. The minimum atomic E-state index is -0.398. The van der Waals surface area contributed by atoms with Crippen molar-refractivity contribution in [3.05, 3.63) is 99.4 Å². The second-order valence-corrected chi connectivity index (χ2v) is 9.27. The molecule has 1 N–H and O–H groups in total. The summed E-state index contributed by atoms with van der Waals surface area (Å²) < 4.78 is 13.2. The van der Waals surface area contributed by atoms with Gasteiger partial charge in [0.25, 0.3) is 5.69 Å². The molecular weight excluding hydrogens is 447 g/mol.